The molecule has 88 valence electrons. The second-order valence-corrected chi connectivity index (χ2v) is 3.68. The van der Waals surface area contributed by atoms with E-state index in [4.69, 9.17) is 0 Å². The Morgan fingerprint density at radius 2 is 1.87 bits per heavy atom. The summed E-state index contributed by atoms with van der Waals surface area (Å²) in [7, 11) is 0. The maximum absolute atomic E-state index is 11.8. The summed E-state index contributed by atoms with van der Waals surface area (Å²) >= 11 is 0. The Labute approximate surface area is 86.6 Å². The van der Waals surface area contributed by atoms with Gasteiger partial charge in [-0.3, -0.25) is 9.69 Å². The Balaban J connectivity index is 2.17. The lowest BCUT2D eigenvalue weighted by Gasteiger charge is -2.26. The van der Waals surface area contributed by atoms with Crippen LogP contribution in [-0.2, 0) is 4.79 Å². The molecule has 0 aliphatic carbocycles. The average molecular weight is 224 g/mol. The van der Waals surface area contributed by atoms with Crippen molar-refractivity contribution in [3.8, 4) is 0 Å². The number of hydrogen-bond donors (Lipinski definition) is 1. The fourth-order valence-corrected chi connectivity index (χ4v) is 1.48. The number of piperazine rings is 1. The van der Waals surface area contributed by atoms with Crippen LogP contribution in [0.3, 0.4) is 0 Å². The van der Waals surface area contributed by atoms with Crippen molar-refractivity contribution in [1.29, 1.82) is 0 Å². The van der Waals surface area contributed by atoms with Crippen LogP contribution in [0.5, 0.6) is 0 Å². The zero-order chi connectivity index (χ0) is 11.3. The quantitative estimate of drug-likeness (QED) is 0.766. The van der Waals surface area contributed by atoms with Crippen LogP contribution in [0.2, 0.25) is 0 Å². The second kappa shape index (κ2) is 5.46. The van der Waals surface area contributed by atoms with Gasteiger partial charge >= 0.3 is 6.18 Å². The van der Waals surface area contributed by atoms with Gasteiger partial charge in [-0.2, -0.15) is 13.2 Å². The van der Waals surface area contributed by atoms with Gasteiger partial charge in [0.15, 0.2) is 0 Å². The number of hydrogen-bond acceptors (Lipinski definition) is 3. The predicted octanol–water partition coefficient (Wildman–Crippen LogP) is 0.803. The molecule has 0 amide bonds. The molecule has 0 atom stereocenters. The summed E-state index contributed by atoms with van der Waals surface area (Å²) in [5.41, 5.74) is 0. The van der Waals surface area contributed by atoms with Gasteiger partial charge in [0.2, 0.25) is 0 Å². The number of halogens is 3. The number of nitrogens with one attached hydrogen (secondary N) is 1. The number of nitrogens with zero attached hydrogens (tertiary/aromatic N) is 1. The average Bonchev–Trinajstić information content (AvgIpc) is 2.15. The maximum Gasteiger partial charge on any atom is 0.389 e. The van der Waals surface area contributed by atoms with E-state index in [1.807, 2.05) is 4.90 Å². The Morgan fingerprint density at radius 1 is 1.27 bits per heavy atom. The third-order valence-corrected chi connectivity index (χ3v) is 2.30. The van der Waals surface area contributed by atoms with Crippen LogP contribution >= 0.6 is 0 Å². The van der Waals surface area contributed by atoms with Gasteiger partial charge in [-0.05, 0) is 0 Å². The molecule has 1 heterocycles. The minimum absolute atomic E-state index is 0.151. The lowest BCUT2D eigenvalue weighted by atomic mass is 10.2. The zero-order valence-corrected chi connectivity index (χ0v) is 8.44. The molecule has 15 heavy (non-hydrogen) atoms. The number of ketones is 1. The van der Waals surface area contributed by atoms with Crippen LogP contribution in [0.1, 0.15) is 12.8 Å². The highest BCUT2D eigenvalue weighted by Gasteiger charge is 2.28. The normalized spacial score (nSPS) is 19.1. The Kier molecular flexibility index (Phi) is 4.53. The molecule has 0 saturated carbocycles. The van der Waals surface area contributed by atoms with E-state index in [1.165, 1.54) is 0 Å². The van der Waals surface area contributed by atoms with Gasteiger partial charge in [-0.15, -0.1) is 0 Å². The minimum atomic E-state index is -4.22. The molecule has 0 unspecified atom stereocenters. The molecule has 1 saturated heterocycles. The zero-order valence-electron chi connectivity index (χ0n) is 8.44. The van der Waals surface area contributed by atoms with Gasteiger partial charge in [0.05, 0.1) is 13.0 Å². The number of carbonyl (C=O) groups is 1. The van der Waals surface area contributed by atoms with E-state index in [0.29, 0.717) is 0 Å². The smallest absolute Gasteiger partial charge is 0.314 e. The van der Waals surface area contributed by atoms with Crippen molar-refractivity contribution in [2.24, 2.45) is 0 Å². The summed E-state index contributed by atoms with van der Waals surface area (Å²) in [4.78, 5) is 13.1. The molecule has 6 heteroatoms. The largest absolute Gasteiger partial charge is 0.389 e. The first kappa shape index (κ1) is 12.4. The van der Waals surface area contributed by atoms with Crippen molar-refractivity contribution >= 4 is 5.78 Å². The number of alkyl halides is 3. The molecule has 1 aliphatic rings. The molecule has 0 bridgehead atoms. The molecule has 1 rings (SSSR count). The Hall–Kier alpha value is -0.620. The van der Waals surface area contributed by atoms with Gasteiger partial charge in [-0.1, -0.05) is 0 Å². The number of Topliss-reactive ketones (excluding diaryl/α,β-unsaturated/α-hetero) is 1. The monoisotopic (exact) mass is 224 g/mol. The van der Waals surface area contributed by atoms with Crippen LogP contribution in [-0.4, -0.2) is 49.6 Å². The highest BCUT2D eigenvalue weighted by molar-refractivity contribution is 5.80. The van der Waals surface area contributed by atoms with Gasteiger partial charge in [0.25, 0.3) is 0 Å². The first-order valence-corrected chi connectivity index (χ1v) is 4.99. The van der Waals surface area contributed by atoms with Gasteiger partial charge in [0.1, 0.15) is 5.78 Å². The van der Waals surface area contributed by atoms with Crippen molar-refractivity contribution in [2.75, 3.05) is 32.7 Å². The van der Waals surface area contributed by atoms with Crippen LogP contribution < -0.4 is 5.32 Å². The van der Waals surface area contributed by atoms with Crippen LogP contribution in [0.25, 0.3) is 0 Å². The summed E-state index contributed by atoms with van der Waals surface area (Å²) in [6.45, 7) is 3.21. The third-order valence-electron chi connectivity index (χ3n) is 2.30. The fraction of sp³-hybridized carbons (Fsp3) is 0.889. The first-order valence-electron chi connectivity index (χ1n) is 4.99. The molecule has 1 fully saturated rings. The van der Waals surface area contributed by atoms with Crippen LogP contribution in [0, 0.1) is 0 Å². The lowest BCUT2D eigenvalue weighted by molar-refractivity contribution is -0.143. The topological polar surface area (TPSA) is 32.3 Å². The van der Waals surface area contributed by atoms with E-state index in [9.17, 15) is 18.0 Å². The predicted molar refractivity (Wildman–Crippen MR) is 49.6 cm³/mol. The van der Waals surface area contributed by atoms with E-state index in [-0.39, 0.29) is 12.3 Å². The highest BCUT2D eigenvalue weighted by atomic mass is 19.4. The summed E-state index contributed by atoms with van der Waals surface area (Å²) in [5.74, 6) is -0.325. The third kappa shape index (κ3) is 5.74. The summed E-state index contributed by atoms with van der Waals surface area (Å²) in [5, 5.41) is 3.11. The first-order chi connectivity index (χ1) is 6.97. The standard InChI is InChI=1S/C9H15F3N2O/c10-9(11,12)2-1-8(15)7-14-5-3-13-4-6-14/h13H,1-7H2. The molecular formula is C9H15F3N2O. The molecule has 0 aromatic heterocycles. The van der Waals surface area contributed by atoms with E-state index in [2.05, 4.69) is 5.32 Å². The summed E-state index contributed by atoms with van der Waals surface area (Å²) in [6.07, 6.45) is -5.62. The van der Waals surface area contributed by atoms with Crippen LogP contribution in [0.4, 0.5) is 13.2 Å². The molecule has 0 spiro atoms. The van der Waals surface area contributed by atoms with E-state index < -0.39 is 19.0 Å². The van der Waals surface area contributed by atoms with Crippen molar-refractivity contribution in [2.45, 2.75) is 19.0 Å². The summed E-state index contributed by atoms with van der Waals surface area (Å²) in [6, 6.07) is 0. The maximum atomic E-state index is 11.8. The lowest BCUT2D eigenvalue weighted by Crippen LogP contribution is -2.45. The fourth-order valence-electron chi connectivity index (χ4n) is 1.48. The summed E-state index contributed by atoms with van der Waals surface area (Å²) < 4.78 is 35.5. The number of rotatable bonds is 4. The van der Waals surface area contributed by atoms with Gasteiger partial charge < -0.3 is 5.32 Å². The molecule has 0 aromatic rings. The van der Waals surface area contributed by atoms with Gasteiger partial charge in [0, 0.05) is 32.6 Å². The molecular weight excluding hydrogens is 209 g/mol. The minimum Gasteiger partial charge on any atom is -0.314 e. The van der Waals surface area contributed by atoms with E-state index in [0.717, 1.165) is 26.2 Å². The van der Waals surface area contributed by atoms with E-state index >= 15 is 0 Å². The molecule has 0 aromatic carbocycles. The van der Waals surface area contributed by atoms with Crippen molar-refractivity contribution in [1.82, 2.24) is 10.2 Å². The van der Waals surface area contributed by atoms with Crippen molar-refractivity contribution in [3.05, 3.63) is 0 Å². The molecule has 3 nitrogen and oxygen atoms in total. The van der Waals surface area contributed by atoms with Crippen molar-refractivity contribution in [3.63, 3.8) is 0 Å². The SMILES string of the molecule is O=C(CCC(F)(F)F)CN1CCNCC1. The number of carbonyl (C=O) groups excluding carboxylic acids is 1. The van der Waals surface area contributed by atoms with Gasteiger partial charge in [-0.25, -0.2) is 0 Å². The molecule has 1 N–H and O–H groups in total. The second-order valence-electron chi connectivity index (χ2n) is 3.68. The Bertz CT molecular complexity index is 212. The molecule has 0 radical (unpaired) electrons. The van der Waals surface area contributed by atoms with E-state index in [1.54, 1.807) is 0 Å². The highest BCUT2D eigenvalue weighted by Crippen LogP contribution is 2.21. The van der Waals surface area contributed by atoms with Crippen LogP contribution in [0.15, 0.2) is 0 Å². The molecule has 1 aliphatic heterocycles. The Morgan fingerprint density at radius 3 is 2.40 bits per heavy atom. The van der Waals surface area contributed by atoms with Crippen molar-refractivity contribution < 1.29 is 18.0 Å².